The highest BCUT2D eigenvalue weighted by atomic mass is 16.5. The quantitative estimate of drug-likeness (QED) is 0.0850. The van der Waals surface area contributed by atoms with Crippen LogP contribution in [0.1, 0.15) is 52.4 Å². The Labute approximate surface area is 365 Å². The number of methoxy groups -OCH3 is 3. The van der Waals surface area contributed by atoms with Crippen LogP contribution in [0.5, 0.6) is 17.2 Å². The number of amides is 1. The van der Waals surface area contributed by atoms with Crippen LogP contribution in [0.15, 0.2) is 121 Å². The van der Waals surface area contributed by atoms with Gasteiger partial charge in [-0.15, -0.1) is 0 Å². The number of carbonyl (C=O) groups is 1. The van der Waals surface area contributed by atoms with Gasteiger partial charge < -0.3 is 34.6 Å². The molecule has 0 unspecified atom stereocenters. The molecule has 4 N–H and O–H groups in total. The van der Waals surface area contributed by atoms with Gasteiger partial charge in [0.2, 0.25) is 0 Å². The lowest BCUT2D eigenvalue weighted by molar-refractivity contribution is 0.0953. The average molecular weight is 834 g/mol. The van der Waals surface area contributed by atoms with E-state index in [-0.39, 0.29) is 12.5 Å². The summed E-state index contributed by atoms with van der Waals surface area (Å²) in [7, 11) is 5.00. The second-order valence-corrected chi connectivity index (χ2v) is 15.3. The summed E-state index contributed by atoms with van der Waals surface area (Å²) >= 11 is 0. The highest BCUT2D eigenvalue weighted by Crippen LogP contribution is 2.39. The number of hydrogen-bond donors (Lipinski definition) is 4. The third kappa shape index (κ3) is 8.36. The third-order valence-corrected chi connectivity index (χ3v) is 11.4. The molecule has 0 saturated heterocycles. The number of aliphatic hydroxyl groups excluding tert-OH is 1. The van der Waals surface area contributed by atoms with Crippen molar-refractivity contribution in [2.24, 2.45) is 0 Å². The van der Waals surface area contributed by atoms with Crippen molar-refractivity contribution in [3.05, 3.63) is 150 Å². The number of aliphatic hydroxyl groups is 1. The topological polar surface area (TPSA) is 134 Å². The molecule has 1 amide bonds. The van der Waals surface area contributed by atoms with E-state index in [1.54, 1.807) is 21.3 Å². The fourth-order valence-electron chi connectivity index (χ4n) is 8.20. The first-order valence-electron chi connectivity index (χ1n) is 21.0. The Morgan fingerprint density at radius 3 is 1.13 bits per heavy atom. The van der Waals surface area contributed by atoms with Crippen molar-refractivity contribution in [1.29, 1.82) is 0 Å². The lowest BCUT2D eigenvalue weighted by Gasteiger charge is -2.09. The van der Waals surface area contributed by atoms with Crippen LogP contribution in [0.2, 0.25) is 0 Å². The van der Waals surface area contributed by atoms with Crippen LogP contribution in [0, 0.1) is 0 Å². The molecule has 10 heteroatoms. The number of nitrogens with one attached hydrogen (secondary N) is 3. The van der Waals surface area contributed by atoms with E-state index in [1.807, 2.05) is 60.7 Å². The molecule has 0 fully saturated rings. The number of ether oxygens (including phenoxy) is 3. The molecule has 8 bridgehead atoms. The minimum atomic E-state index is -0.138. The molecule has 0 saturated carbocycles. The number of hydrogen-bond acceptors (Lipinski definition) is 7. The predicted octanol–water partition coefficient (Wildman–Crippen LogP) is 11.2. The number of aromatic nitrogens is 4. The molecule has 0 spiro atoms. The van der Waals surface area contributed by atoms with Crippen molar-refractivity contribution >= 4 is 52.3 Å². The lowest BCUT2D eigenvalue weighted by atomic mass is 10.0. The number of aromatic amines is 2. The first-order chi connectivity index (χ1) is 30.9. The number of H-pyrrole nitrogens is 2. The van der Waals surface area contributed by atoms with Crippen molar-refractivity contribution in [3.8, 4) is 61.8 Å². The van der Waals surface area contributed by atoms with Gasteiger partial charge in [0.1, 0.15) is 17.2 Å². The Hall–Kier alpha value is -7.69. The normalized spacial score (nSPS) is 11.7. The lowest BCUT2D eigenvalue weighted by Crippen LogP contribution is -2.24. The van der Waals surface area contributed by atoms with Gasteiger partial charge in [-0.2, -0.15) is 0 Å². The van der Waals surface area contributed by atoms with Crippen LogP contribution in [0.3, 0.4) is 0 Å². The molecule has 0 aliphatic carbocycles. The van der Waals surface area contributed by atoms with Crippen molar-refractivity contribution in [1.82, 2.24) is 25.3 Å². The molecule has 5 heterocycles. The van der Waals surface area contributed by atoms with Crippen molar-refractivity contribution in [2.75, 3.05) is 34.5 Å². The van der Waals surface area contributed by atoms with Crippen LogP contribution in [-0.4, -0.2) is 65.4 Å². The fraction of sp³-hybridized carbons (Fsp3) is 0.151. The molecule has 0 atom stereocenters. The van der Waals surface area contributed by atoms with Crippen molar-refractivity contribution in [2.45, 2.75) is 19.3 Å². The maximum atomic E-state index is 13.2. The van der Waals surface area contributed by atoms with Gasteiger partial charge in [0.05, 0.1) is 44.1 Å². The summed E-state index contributed by atoms with van der Waals surface area (Å²) in [5.74, 6) is 2.14. The molecule has 3 aromatic heterocycles. The van der Waals surface area contributed by atoms with E-state index in [4.69, 9.17) is 29.3 Å². The Morgan fingerprint density at radius 2 is 0.810 bits per heavy atom. The molecule has 9 rings (SSSR count). The van der Waals surface area contributed by atoms with Gasteiger partial charge in [0.15, 0.2) is 0 Å². The summed E-state index contributed by atoms with van der Waals surface area (Å²) in [6.45, 7) is 0.702. The number of rotatable bonds is 13. The SMILES string of the molecule is COc1ccc(-c2c3nc(c(-c4ccc(OC)cc4)c4ccc([nH]4)c(-c4ccc(C(=O)NCCCCCO)cc4)c4nc(c(-c5ccc(OC)cc5)c5ccc2[nH]5)C=C4)C=C3)cc1. The Kier molecular flexibility index (Phi) is 11.7. The van der Waals surface area contributed by atoms with Crippen LogP contribution in [0.25, 0.3) is 90.9 Å². The maximum Gasteiger partial charge on any atom is 0.251 e. The number of unbranched alkanes of at least 4 members (excludes halogenated alkanes) is 2. The number of carbonyl (C=O) groups excluding carboxylic acids is 1. The van der Waals surface area contributed by atoms with Gasteiger partial charge in [0.25, 0.3) is 5.91 Å². The fourth-order valence-corrected chi connectivity index (χ4v) is 8.20. The molecular formula is C53H47N5O5. The van der Waals surface area contributed by atoms with E-state index in [0.29, 0.717) is 12.1 Å². The van der Waals surface area contributed by atoms with Crippen LogP contribution >= 0.6 is 0 Å². The zero-order valence-electron chi connectivity index (χ0n) is 35.4. The molecule has 0 radical (unpaired) electrons. The van der Waals surface area contributed by atoms with E-state index < -0.39 is 0 Å². The van der Waals surface area contributed by atoms with Crippen LogP contribution in [0.4, 0.5) is 0 Å². The number of benzene rings is 4. The minimum Gasteiger partial charge on any atom is -0.497 e. The second-order valence-electron chi connectivity index (χ2n) is 15.3. The zero-order chi connectivity index (χ0) is 43.3. The number of fused-ring (bicyclic) bond motifs is 8. The molecule has 7 aromatic rings. The molecule has 63 heavy (non-hydrogen) atoms. The van der Waals surface area contributed by atoms with E-state index >= 15 is 0 Å². The Balaban J connectivity index is 1.33. The van der Waals surface area contributed by atoms with E-state index in [9.17, 15) is 4.79 Å². The van der Waals surface area contributed by atoms with Gasteiger partial charge in [-0.3, -0.25) is 4.79 Å². The number of nitrogens with zero attached hydrogens (tertiary/aromatic N) is 2. The molecular weight excluding hydrogens is 787 g/mol. The zero-order valence-corrected chi connectivity index (χ0v) is 35.4. The van der Waals surface area contributed by atoms with E-state index in [1.165, 1.54) is 0 Å². The first kappa shape index (κ1) is 40.7. The van der Waals surface area contributed by atoms with E-state index in [2.05, 4.69) is 100 Å². The maximum absolute atomic E-state index is 13.2. The standard InChI is InChI=1S/C53H47N5O5/c1-61-38-17-11-34(12-18-38)50-43-25-23-41(55-43)49(33-7-9-37(10-8-33)53(60)54-31-5-4-6-32-59)42-24-26-44(56-42)51(35-13-19-39(62-2)20-14-35)46-28-30-48(58-46)52(47-29-27-45(50)57-47)36-15-21-40(63-3)22-16-36/h7-30,55,58-59H,4-6,31-32H2,1-3H3,(H,54,60). The summed E-state index contributed by atoms with van der Waals surface area (Å²) < 4.78 is 16.6. The highest BCUT2D eigenvalue weighted by Gasteiger charge is 2.20. The second kappa shape index (κ2) is 18.1. The van der Waals surface area contributed by atoms with Gasteiger partial charge in [-0.25, -0.2) is 9.97 Å². The summed E-state index contributed by atoms with van der Waals surface area (Å²) in [5.41, 5.74) is 14.6. The summed E-state index contributed by atoms with van der Waals surface area (Å²) in [6.07, 6.45) is 10.6. The Bertz CT molecular complexity index is 2970. The smallest absolute Gasteiger partial charge is 0.251 e. The largest absolute Gasteiger partial charge is 0.497 e. The minimum absolute atomic E-state index is 0.138. The average Bonchev–Trinajstić information content (AvgIpc) is 4.18. The predicted molar refractivity (Wildman–Crippen MR) is 254 cm³/mol. The van der Waals surface area contributed by atoms with Crippen LogP contribution in [-0.2, 0) is 0 Å². The van der Waals surface area contributed by atoms with E-state index in [0.717, 1.165) is 126 Å². The molecule has 2 aliphatic heterocycles. The van der Waals surface area contributed by atoms with Gasteiger partial charge in [0, 0.05) is 63.0 Å². The summed E-state index contributed by atoms with van der Waals surface area (Å²) in [4.78, 5) is 31.5. The van der Waals surface area contributed by atoms with Crippen molar-refractivity contribution in [3.63, 3.8) is 0 Å². The van der Waals surface area contributed by atoms with Gasteiger partial charge in [-0.05, 0) is 139 Å². The Morgan fingerprint density at radius 1 is 0.476 bits per heavy atom. The first-order valence-corrected chi connectivity index (χ1v) is 21.0. The molecule has 314 valence electrons. The van der Waals surface area contributed by atoms with Gasteiger partial charge in [-0.1, -0.05) is 48.5 Å². The summed E-state index contributed by atoms with van der Waals surface area (Å²) in [5, 5.41) is 12.1. The molecule has 4 aromatic carbocycles. The molecule has 2 aliphatic rings. The third-order valence-electron chi connectivity index (χ3n) is 11.4. The molecule has 10 nitrogen and oxygen atoms in total. The monoisotopic (exact) mass is 833 g/mol. The van der Waals surface area contributed by atoms with Crippen molar-refractivity contribution < 1.29 is 24.1 Å². The van der Waals surface area contributed by atoms with Gasteiger partial charge >= 0.3 is 0 Å². The van der Waals surface area contributed by atoms with Crippen LogP contribution < -0.4 is 19.5 Å². The summed E-state index contributed by atoms with van der Waals surface area (Å²) in [6, 6.07) is 40.1. The highest BCUT2D eigenvalue weighted by molar-refractivity contribution is 6.00.